The van der Waals surface area contributed by atoms with Gasteiger partial charge in [0.1, 0.15) is 0 Å². The molecule has 0 aliphatic heterocycles. The predicted octanol–water partition coefficient (Wildman–Crippen LogP) is 3.47. The van der Waals surface area contributed by atoms with Crippen LogP contribution in [0.25, 0.3) is 0 Å². The van der Waals surface area contributed by atoms with Crippen LogP contribution in [-0.4, -0.2) is 24.5 Å². The molecule has 0 aliphatic rings. The molecule has 2 aromatic carbocycles. The van der Waals surface area contributed by atoms with Crippen molar-refractivity contribution in [1.82, 2.24) is 4.31 Å². The summed E-state index contributed by atoms with van der Waals surface area (Å²) >= 11 is 0. The summed E-state index contributed by atoms with van der Waals surface area (Å²) in [6.07, 6.45) is 0.543. The standard InChI is InChI=1S/C18H23NO2S/c1-16(2)19(15-18-11-7-4-8-12-18)22(20,21)14-13-17-9-5-3-6-10-17/h3-12,16H,13-15H2,1-2H3. The summed E-state index contributed by atoms with van der Waals surface area (Å²) in [5.74, 6) is 0.141. The maximum atomic E-state index is 12.7. The van der Waals surface area contributed by atoms with Gasteiger partial charge in [0.15, 0.2) is 0 Å². The first-order valence-electron chi connectivity index (χ1n) is 7.56. The molecule has 3 nitrogen and oxygen atoms in total. The van der Waals surface area contributed by atoms with E-state index in [4.69, 9.17) is 0 Å². The molecule has 0 heterocycles. The van der Waals surface area contributed by atoms with Gasteiger partial charge in [0.2, 0.25) is 10.0 Å². The number of benzene rings is 2. The second-order valence-corrected chi connectivity index (χ2v) is 7.72. The highest BCUT2D eigenvalue weighted by Crippen LogP contribution is 2.15. The van der Waals surface area contributed by atoms with Crippen molar-refractivity contribution in [3.8, 4) is 0 Å². The summed E-state index contributed by atoms with van der Waals surface area (Å²) in [5.41, 5.74) is 2.06. The van der Waals surface area contributed by atoms with E-state index in [0.717, 1.165) is 11.1 Å². The molecule has 0 unspecified atom stereocenters. The van der Waals surface area contributed by atoms with Crippen molar-refractivity contribution in [2.24, 2.45) is 0 Å². The van der Waals surface area contributed by atoms with E-state index in [1.54, 1.807) is 4.31 Å². The van der Waals surface area contributed by atoms with Crippen molar-refractivity contribution in [1.29, 1.82) is 0 Å². The zero-order chi connectivity index (χ0) is 16.0. The topological polar surface area (TPSA) is 37.4 Å². The van der Waals surface area contributed by atoms with Gasteiger partial charge in [0.25, 0.3) is 0 Å². The third kappa shape index (κ3) is 4.68. The van der Waals surface area contributed by atoms with Crippen LogP contribution < -0.4 is 0 Å². The van der Waals surface area contributed by atoms with E-state index >= 15 is 0 Å². The molecular weight excluding hydrogens is 294 g/mol. The molecule has 0 aromatic heterocycles. The fraction of sp³-hybridized carbons (Fsp3) is 0.333. The minimum atomic E-state index is -3.28. The molecule has 2 aromatic rings. The fourth-order valence-electron chi connectivity index (χ4n) is 2.37. The lowest BCUT2D eigenvalue weighted by molar-refractivity contribution is 0.348. The zero-order valence-electron chi connectivity index (χ0n) is 13.1. The quantitative estimate of drug-likeness (QED) is 0.784. The van der Waals surface area contributed by atoms with Crippen molar-refractivity contribution >= 4 is 10.0 Å². The molecule has 0 aliphatic carbocycles. The average Bonchev–Trinajstić information content (AvgIpc) is 2.52. The fourth-order valence-corrected chi connectivity index (χ4v) is 4.09. The van der Waals surface area contributed by atoms with E-state index in [2.05, 4.69) is 0 Å². The molecule has 22 heavy (non-hydrogen) atoms. The van der Waals surface area contributed by atoms with Crippen LogP contribution in [0, 0.1) is 0 Å². The molecule has 2 rings (SSSR count). The molecule has 0 fully saturated rings. The van der Waals surface area contributed by atoms with Crippen LogP contribution in [0.1, 0.15) is 25.0 Å². The van der Waals surface area contributed by atoms with Gasteiger partial charge >= 0.3 is 0 Å². The van der Waals surface area contributed by atoms with Crippen LogP contribution in [0.3, 0.4) is 0 Å². The summed E-state index contributed by atoms with van der Waals surface area (Å²) in [7, 11) is -3.28. The number of hydrogen-bond donors (Lipinski definition) is 0. The molecule has 0 bridgehead atoms. The Hall–Kier alpha value is -1.65. The second-order valence-electron chi connectivity index (χ2n) is 5.68. The second kappa shape index (κ2) is 7.56. The first-order valence-corrected chi connectivity index (χ1v) is 9.17. The van der Waals surface area contributed by atoms with Gasteiger partial charge in [-0.1, -0.05) is 60.7 Å². The molecular formula is C18H23NO2S. The number of sulfonamides is 1. The van der Waals surface area contributed by atoms with Gasteiger partial charge in [-0.05, 0) is 31.4 Å². The Morgan fingerprint density at radius 3 is 1.86 bits per heavy atom. The Kier molecular flexibility index (Phi) is 5.75. The monoisotopic (exact) mass is 317 g/mol. The van der Waals surface area contributed by atoms with E-state index in [1.807, 2.05) is 74.5 Å². The van der Waals surface area contributed by atoms with Crippen LogP contribution in [0.15, 0.2) is 60.7 Å². The highest BCUT2D eigenvalue weighted by Gasteiger charge is 2.24. The van der Waals surface area contributed by atoms with E-state index in [-0.39, 0.29) is 11.8 Å². The molecule has 4 heteroatoms. The molecule has 0 atom stereocenters. The largest absolute Gasteiger partial charge is 0.214 e. The van der Waals surface area contributed by atoms with Crippen LogP contribution in [-0.2, 0) is 23.0 Å². The molecule has 118 valence electrons. The van der Waals surface area contributed by atoms with E-state index in [1.165, 1.54) is 0 Å². The van der Waals surface area contributed by atoms with Crippen LogP contribution in [0.2, 0.25) is 0 Å². The third-order valence-corrected chi connectivity index (χ3v) is 5.59. The highest BCUT2D eigenvalue weighted by molar-refractivity contribution is 7.89. The first-order chi connectivity index (χ1) is 10.5. The van der Waals surface area contributed by atoms with Crippen molar-refractivity contribution in [2.75, 3.05) is 5.75 Å². The summed E-state index contributed by atoms with van der Waals surface area (Å²) < 4.78 is 26.9. The lowest BCUT2D eigenvalue weighted by atomic mass is 10.2. The van der Waals surface area contributed by atoms with Crippen molar-refractivity contribution < 1.29 is 8.42 Å². The molecule has 0 spiro atoms. The molecule has 0 amide bonds. The Labute approximate surface area is 133 Å². The Balaban J connectivity index is 2.09. The summed E-state index contributed by atoms with van der Waals surface area (Å²) in [6.45, 7) is 4.27. The SMILES string of the molecule is CC(C)N(Cc1ccccc1)S(=O)(=O)CCc1ccccc1. The predicted molar refractivity (Wildman–Crippen MR) is 91.1 cm³/mol. The first kappa shape index (κ1) is 16.7. The van der Waals surface area contributed by atoms with Crippen molar-refractivity contribution in [2.45, 2.75) is 32.9 Å². The summed E-state index contributed by atoms with van der Waals surface area (Å²) in [4.78, 5) is 0. The van der Waals surface area contributed by atoms with Gasteiger partial charge in [-0.3, -0.25) is 0 Å². The Bertz CT molecular complexity index is 667. The smallest absolute Gasteiger partial charge is 0.212 e. The third-order valence-electron chi connectivity index (χ3n) is 3.61. The van der Waals surface area contributed by atoms with Gasteiger partial charge in [-0.15, -0.1) is 0 Å². The Morgan fingerprint density at radius 2 is 1.36 bits per heavy atom. The number of nitrogens with zero attached hydrogens (tertiary/aromatic N) is 1. The van der Waals surface area contributed by atoms with Crippen molar-refractivity contribution in [3.63, 3.8) is 0 Å². The van der Waals surface area contributed by atoms with E-state index < -0.39 is 10.0 Å². The molecule has 0 radical (unpaired) electrons. The summed E-state index contributed by atoms with van der Waals surface area (Å²) in [5, 5.41) is 0. The van der Waals surface area contributed by atoms with Gasteiger partial charge in [-0.25, -0.2) is 8.42 Å². The summed E-state index contributed by atoms with van der Waals surface area (Å²) in [6, 6.07) is 19.4. The van der Waals surface area contributed by atoms with Gasteiger partial charge < -0.3 is 0 Å². The Morgan fingerprint density at radius 1 is 0.864 bits per heavy atom. The van der Waals surface area contributed by atoms with Crippen LogP contribution >= 0.6 is 0 Å². The van der Waals surface area contributed by atoms with Gasteiger partial charge in [0.05, 0.1) is 5.75 Å². The normalized spacial score (nSPS) is 12.0. The van der Waals surface area contributed by atoms with Gasteiger partial charge in [-0.2, -0.15) is 4.31 Å². The maximum absolute atomic E-state index is 12.7. The lowest BCUT2D eigenvalue weighted by Gasteiger charge is -2.26. The highest BCUT2D eigenvalue weighted by atomic mass is 32.2. The molecule has 0 saturated carbocycles. The van der Waals surface area contributed by atoms with Gasteiger partial charge in [0, 0.05) is 12.6 Å². The van der Waals surface area contributed by atoms with Crippen LogP contribution in [0.5, 0.6) is 0 Å². The maximum Gasteiger partial charge on any atom is 0.214 e. The van der Waals surface area contributed by atoms with E-state index in [0.29, 0.717) is 13.0 Å². The number of hydrogen-bond acceptors (Lipinski definition) is 2. The number of rotatable bonds is 7. The average molecular weight is 317 g/mol. The lowest BCUT2D eigenvalue weighted by Crippen LogP contribution is -2.38. The van der Waals surface area contributed by atoms with E-state index in [9.17, 15) is 8.42 Å². The number of aryl methyl sites for hydroxylation is 1. The minimum absolute atomic E-state index is 0.0546. The zero-order valence-corrected chi connectivity index (χ0v) is 14.0. The van der Waals surface area contributed by atoms with Crippen molar-refractivity contribution in [3.05, 3.63) is 71.8 Å². The molecule has 0 saturated heterocycles. The minimum Gasteiger partial charge on any atom is -0.212 e. The molecule has 0 N–H and O–H groups in total. The van der Waals surface area contributed by atoms with Crippen LogP contribution in [0.4, 0.5) is 0 Å².